The maximum absolute atomic E-state index is 13.0. The summed E-state index contributed by atoms with van der Waals surface area (Å²) in [6, 6.07) is 11.3. The number of rotatable bonds is 6. The molecule has 0 saturated carbocycles. The van der Waals surface area contributed by atoms with Crippen molar-refractivity contribution in [1.29, 1.82) is 0 Å². The van der Waals surface area contributed by atoms with Crippen LogP contribution in [0.25, 0.3) is 22.0 Å². The number of hydrogen-bond acceptors (Lipinski definition) is 8. The largest absolute Gasteiger partial charge is 0.326 e. The molecule has 3 heterocycles. The van der Waals surface area contributed by atoms with Gasteiger partial charge in [-0.1, -0.05) is 18.2 Å². The average molecular weight is 482 g/mol. The summed E-state index contributed by atoms with van der Waals surface area (Å²) in [6.07, 6.45) is 1.89. The molecule has 4 rings (SSSR count). The van der Waals surface area contributed by atoms with Gasteiger partial charge in [-0.25, -0.2) is 15.0 Å². The molecule has 0 saturated heterocycles. The predicted molar refractivity (Wildman–Crippen MR) is 132 cm³/mol. The number of anilines is 2. The third-order valence-corrected chi connectivity index (χ3v) is 6.75. The van der Waals surface area contributed by atoms with Crippen LogP contribution in [0.15, 0.2) is 52.2 Å². The lowest BCUT2D eigenvalue weighted by Crippen LogP contribution is -2.16. The Bertz CT molecular complexity index is 1270. The van der Waals surface area contributed by atoms with Gasteiger partial charge in [0, 0.05) is 23.6 Å². The highest BCUT2D eigenvalue weighted by Crippen LogP contribution is 2.29. The van der Waals surface area contributed by atoms with Gasteiger partial charge in [-0.2, -0.15) is 0 Å². The molecule has 162 valence electrons. The summed E-state index contributed by atoms with van der Waals surface area (Å²) >= 11 is 4.32. The molecule has 4 aromatic rings. The first kappa shape index (κ1) is 22.1. The maximum Gasteiger partial charge on any atom is 0.262 e. The number of carbonyl (C=O) groups excluding carboxylic acids is 2. The Morgan fingerprint density at radius 1 is 1.00 bits per heavy atom. The smallest absolute Gasteiger partial charge is 0.262 e. The summed E-state index contributed by atoms with van der Waals surface area (Å²) in [5.41, 5.74) is 3.42. The molecule has 3 aromatic heterocycles. The summed E-state index contributed by atoms with van der Waals surface area (Å²) in [6.45, 7) is 3.28. The molecule has 0 radical (unpaired) electrons. The van der Waals surface area contributed by atoms with Crippen molar-refractivity contribution >= 4 is 57.1 Å². The standard InChI is InChI=1S/C22H19N5O2S3/c1-12-18(21(30-3)26-19(23-12)17-5-4-10-31-17)20(29)27-22-25-16(11-32-22)14-6-8-15(9-7-14)24-13(2)28/h4-11H,1-3H3,(H,24,28)(H,25,27,29). The van der Waals surface area contributed by atoms with Crippen molar-refractivity contribution in [3.05, 3.63) is 58.4 Å². The van der Waals surface area contributed by atoms with Crippen molar-refractivity contribution in [2.45, 2.75) is 18.9 Å². The number of nitrogens with zero attached hydrogens (tertiary/aromatic N) is 3. The van der Waals surface area contributed by atoms with Crippen molar-refractivity contribution in [1.82, 2.24) is 15.0 Å². The predicted octanol–water partition coefficient (Wildman–Crippen LogP) is 5.57. The highest BCUT2D eigenvalue weighted by atomic mass is 32.2. The van der Waals surface area contributed by atoms with Crippen molar-refractivity contribution in [3.63, 3.8) is 0 Å². The van der Waals surface area contributed by atoms with Gasteiger partial charge in [0.15, 0.2) is 11.0 Å². The minimum absolute atomic E-state index is 0.122. The van der Waals surface area contributed by atoms with Crippen LogP contribution in [0.3, 0.4) is 0 Å². The van der Waals surface area contributed by atoms with E-state index in [-0.39, 0.29) is 11.8 Å². The topological polar surface area (TPSA) is 96.9 Å². The second-order valence-electron chi connectivity index (χ2n) is 6.74. The Balaban J connectivity index is 1.54. The monoisotopic (exact) mass is 481 g/mol. The van der Waals surface area contributed by atoms with E-state index in [0.717, 1.165) is 21.8 Å². The zero-order valence-electron chi connectivity index (χ0n) is 17.5. The molecule has 0 fully saturated rings. The van der Waals surface area contributed by atoms with Gasteiger partial charge in [-0.05, 0) is 36.8 Å². The number of aromatic nitrogens is 3. The number of thiophene rings is 1. The second kappa shape index (κ2) is 9.60. The Hall–Kier alpha value is -3.08. The first-order valence-electron chi connectivity index (χ1n) is 9.56. The quantitative estimate of drug-likeness (QED) is 0.276. The molecule has 32 heavy (non-hydrogen) atoms. The minimum Gasteiger partial charge on any atom is -0.326 e. The molecule has 0 aliphatic heterocycles. The summed E-state index contributed by atoms with van der Waals surface area (Å²) in [5.74, 6) is 0.216. The van der Waals surface area contributed by atoms with Gasteiger partial charge < -0.3 is 5.32 Å². The van der Waals surface area contributed by atoms with Crippen molar-refractivity contribution in [3.8, 4) is 22.0 Å². The SMILES string of the molecule is CSc1nc(-c2cccs2)nc(C)c1C(=O)Nc1nc(-c2ccc(NC(C)=O)cc2)cs1. The first-order chi connectivity index (χ1) is 15.4. The Morgan fingerprint density at radius 2 is 1.78 bits per heavy atom. The van der Waals surface area contributed by atoms with Crippen LogP contribution < -0.4 is 10.6 Å². The molecule has 0 unspecified atom stereocenters. The normalized spacial score (nSPS) is 10.7. The Kier molecular flexibility index (Phi) is 6.63. The van der Waals surface area contributed by atoms with Gasteiger partial charge in [-0.3, -0.25) is 14.9 Å². The van der Waals surface area contributed by atoms with Crippen LogP contribution >= 0.6 is 34.4 Å². The Morgan fingerprint density at radius 3 is 2.44 bits per heavy atom. The van der Waals surface area contributed by atoms with Crippen LogP contribution in [0.5, 0.6) is 0 Å². The zero-order chi connectivity index (χ0) is 22.7. The van der Waals surface area contributed by atoms with Gasteiger partial charge in [0.1, 0.15) is 5.03 Å². The third-order valence-electron chi connectivity index (χ3n) is 4.44. The fraction of sp³-hybridized carbons (Fsp3) is 0.136. The van der Waals surface area contributed by atoms with Crippen LogP contribution in [-0.4, -0.2) is 33.0 Å². The number of nitrogens with one attached hydrogen (secondary N) is 2. The van der Waals surface area contributed by atoms with E-state index in [0.29, 0.717) is 27.2 Å². The zero-order valence-corrected chi connectivity index (χ0v) is 20.0. The molecule has 0 aliphatic carbocycles. The number of carbonyl (C=O) groups is 2. The van der Waals surface area contributed by atoms with E-state index in [9.17, 15) is 9.59 Å². The number of hydrogen-bond donors (Lipinski definition) is 2. The lowest BCUT2D eigenvalue weighted by Gasteiger charge is -2.10. The van der Waals surface area contributed by atoms with Gasteiger partial charge in [-0.15, -0.1) is 34.4 Å². The van der Waals surface area contributed by atoms with Gasteiger partial charge >= 0.3 is 0 Å². The van der Waals surface area contributed by atoms with Crippen molar-refractivity contribution in [2.75, 3.05) is 16.9 Å². The highest BCUT2D eigenvalue weighted by molar-refractivity contribution is 7.98. The number of aryl methyl sites for hydroxylation is 1. The summed E-state index contributed by atoms with van der Waals surface area (Å²) in [4.78, 5) is 38.8. The van der Waals surface area contributed by atoms with Crippen molar-refractivity contribution in [2.24, 2.45) is 0 Å². The fourth-order valence-corrected chi connectivity index (χ4v) is 5.02. The minimum atomic E-state index is -0.286. The lowest BCUT2D eigenvalue weighted by atomic mass is 10.1. The van der Waals surface area contributed by atoms with Crippen LogP contribution in [0.4, 0.5) is 10.8 Å². The molecule has 0 bridgehead atoms. The number of thioether (sulfide) groups is 1. The van der Waals surface area contributed by atoms with Gasteiger partial charge in [0.05, 0.1) is 21.8 Å². The number of thiazole rings is 1. The molecule has 1 aromatic carbocycles. The van der Waals surface area contributed by atoms with E-state index in [1.165, 1.54) is 30.0 Å². The average Bonchev–Trinajstić information content (AvgIpc) is 3.45. The summed E-state index contributed by atoms with van der Waals surface area (Å²) < 4.78 is 0. The van der Waals surface area contributed by atoms with E-state index in [2.05, 4.69) is 25.6 Å². The lowest BCUT2D eigenvalue weighted by molar-refractivity contribution is -0.114. The van der Waals surface area contributed by atoms with Gasteiger partial charge in [0.25, 0.3) is 5.91 Å². The highest BCUT2D eigenvalue weighted by Gasteiger charge is 2.20. The van der Waals surface area contributed by atoms with Gasteiger partial charge in [0.2, 0.25) is 5.91 Å². The number of amides is 2. The summed E-state index contributed by atoms with van der Waals surface area (Å²) in [5, 5.41) is 10.6. The molecule has 0 aliphatic rings. The number of benzene rings is 1. The molecular formula is C22H19N5O2S3. The fourth-order valence-electron chi connectivity index (χ4n) is 3.02. The molecule has 7 nitrogen and oxygen atoms in total. The Labute approximate surface area is 197 Å². The van der Waals surface area contributed by atoms with E-state index in [1.54, 1.807) is 11.3 Å². The molecule has 0 spiro atoms. The molecule has 2 N–H and O–H groups in total. The molecule has 2 amide bonds. The van der Waals surface area contributed by atoms with Crippen LogP contribution in [0, 0.1) is 6.92 Å². The van der Waals surface area contributed by atoms with Crippen LogP contribution in [-0.2, 0) is 4.79 Å². The van der Waals surface area contributed by atoms with Crippen molar-refractivity contribution < 1.29 is 9.59 Å². The second-order valence-corrected chi connectivity index (χ2v) is 9.35. The van der Waals surface area contributed by atoms with Crippen LogP contribution in [0.2, 0.25) is 0 Å². The van der Waals surface area contributed by atoms with E-state index in [1.807, 2.05) is 60.3 Å². The van der Waals surface area contributed by atoms with E-state index in [4.69, 9.17) is 0 Å². The van der Waals surface area contributed by atoms with E-state index < -0.39 is 0 Å². The summed E-state index contributed by atoms with van der Waals surface area (Å²) in [7, 11) is 0. The maximum atomic E-state index is 13.0. The molecule has 0 atom stereocenters. The van der Waals surface area contributed by atoms with E-state index >= 15 is 0 Å². The molecule has 10 heteroatoms. The first-order valence-corrected chi connectivity index (χ1v) is 12.5. The third kappa shape index (κ3) is 4.87. The van der Waals surface area contributed by atoms with Crippen LogP contribution in [0.1, 0.15) is 23.0 Å². The molecular weight excluding hydrogens is 462 g/mol.